The summed E-state index contributed by atoms with van der Waals surface area (Å²) in [7, 11) is -0.163. The Balaban J connectivity index is 1.84. The predicted octanol–water partition coefficient (Wildman–Crippen LogP) is 5.39. The fourth-order valence-electron chi connectivity index (χ4n) is 4.16. The van der Waals surface area contributed by atoms with Crippen molar-refractivity contribution in [2.75, 3.05) is 24.7 Å². The Labute approximate surface area is 186 Å². The lowest BCUT2D eigenvalue weighted by atomic mass is 9.81. The highest BCUT2D eigenvalue weighted by Crippen LogP contribution is 2.48. The van der Waals surface area contributed by atoms with E-state index in [9.17, 15) is 13.0 Å². The highest BCUT2D eigenvalue weighted by Gasteiger charge is 2.35. The molecule has 1 aliphatic carbocycles. The maximum absolute atomic E-state index is 11.1. The summed E-state index contributed by atoms with van der Waals surface area (Å²) >= 11 is 0. The van der Waals surface area contributed by atoms with Gasteiger partial charge in [0.25, 0.3) is 0 Å². The minimum atomic E-state index is -4.20. The molecule has 0 fully saturated rings. The molecule has 1 aliphatic rings. The first-order valence-electron chi connectivity index (χ1n) is 10.5. The lowest BCUT2D eigenvalue weighted by molar-refractivity contribution is 0.461. The van der Waals surface area contributed by atoms with E-state index in [1.807, 2.05) is 38.4 Å². The number of anilines is 1. The van der Waals surface area contributed by atoms with Crippen LogP contribution in [0.15, 0.2) is 72.3 Å². The van der Waals surface area contributed by atoms with Gasteiger partial charge in [-0.15, -0.1) is 0 Å². The summed E-state index contributed by atoms with van der Waals surface area (Å²) in [5.74, 6) is -0.334. The Morgan fingerprint density at radius 1 is 0.968 bits per heavy atom. The van der Waals surface area contributed by atoms with E-state index in [-0.39, 0.29) is 11.2 Å². The molecule has 0 aromatic heterocycles. The third-order valence-electron chi connectivity index (χ3n) is 5.82. The summed E-state index contributed by atoms with van der Waals surface area (Å²) in [5.41, 5.74) is 6.79. The molecule has 164 valence electrons. The van der Waals surface area contributed by atoms with Gasteiger partial charge in [0.1, 0.15) is 0 Å². The first-order chi connectivity index (χ1) is 14.6. The predicted molar refractivity (Wildman–Crippen MR) is 129 cm³/mol. The summed E-state index contributed by atoms with van der Waals surface area (Å²) < 4.78 is 33.2. The quantitative estimate of drug-likeness (QED) is 0.411. The van der Waals surface area contributed by atoms with E-state index in [4.69, 9.17) is 0 Å². The topological polar surface area (TPSA) is 60.4 Å². The van der Waals surface area contributed by atoms with E-state index in [1.165, 1.54) is 11.1 Å². The summed E-state index contributed by atoms with van der Waals surface area (Å²) in [6.45, 7) is 4.37. The molecule has 0 saturated heterocycles. The van der Waals surface area contributed by atoms with Crippen LogP contribution in [0.2, 0.25) is 0 Å². The Morgan fingerprint density at radius 3 is 2.26 bits per heavy atom. The Bertz CT molecular complexity index is 1120. The maximum atomic E-state index is 11.1. The second kappa shape index (κ2) is 9.25. The lowest BCUT2D eigenvalue weighted by Gasteiger charge is -2.22. The largest absolute Gasteiger partial charge is 0.748 e. The third kappa shape index (κ3) is 5.54. The van der Waals surface area contributed by atoms with E-state index >= 15 is 0 Å². The molecule has 0 bridgehead atoms. The molecule has 5 heteroatoms. The van der Waals surface area contributed by atoms with Crippen molar-refractivity contribution in [2.45, 2.75) is 32.1 Å². The van der Waals surface area contributed by atoms with Crippen LogP contribution in [0.1, 0.15) is 43.4 Å². The molecule has 0 spiro atoms. The number of rotatable bonds is 8. The van der Waals surface area contributed by atoms with Crippen LogP contribution in [0.5, 0.6) is 0 Å². The second-order valence-corrected chi connectivity index (χ2v) is 10.2. The van der Waals surface area contributed by atoms with Crippen LogP contribution in [0.25, 0.3) is 11.6 Å². The molecule has 4 nitrogen and oxygen atoms in total. The number of allylic oxidation sites excluding steroid dienone is 5. The molecule has 0 saturated carbocycles. The fraction of sp³-hybridized carbons (Fsp3) is 0.308. The first kappa shape index (κ1) is 23.0. The number of nitrogens with zero attached hydrogens (tertiary/aromatic N) is 1. The highest BCUT2D eigenvalue weighted by atomic mass is 32.2. The Kier molecular flexibility index (Phi) is 6.87. The van der Waals surface area contributed by atoms with Gasteiger partial charge in [-0.3, -0.25) is 0 Å². The van der Waals surface area contributed by atoms with Crippen LogP contribution in [-0.2, 0) is 15.5 Å². The molecule has 2 aromatic carbocycles. The number of hydrogen-bond donors (Lipinski definition) is 0. The molecule has 0 aliphatic heterocycles. The standard InChI is InChI=1S/C26H31NO3S/c1-26(2)24-14-8-6-11-22(24)23(12-9-19-31(28,29)30)25(26)13-7-5-10-20-15-17-21(18-16-20)27(3)4/h5-8,10-11,13-18H,9,12,19H2,1-4H3,(H,28,29,30)/p-1/b10-5+,13-7+. The SMILES string of the molecule is CN(C)c1ccc(/C=C/C=C/C2=C(CCCS(=O)(=O)[O-])c3ccccc3C2(C)C)cc1. The molecule has 0 unspecified atom stereocenters. The zero-order valence-corrected chi connectivity index (χ0v) is 19.4. The molecule has 0 atom stereocenters. The van der Waals surface area contributed by atoms with E-state index in [0.29, 0.717) is 12.8 Å². The second-order valence-electron chi connectivity index (χ2n) is 8.63. The molecule has 3 rings (SSSR count). The molecule has 0 N–H and O–H groups in total. The summed E-state index contributed by atoms with van der Waals surface area (Å²) in [6, 6.07) is 16.6. The van der Waals surface area contributed by atoms with E-state index in [0.717, 1.165) is 22.4 Å². The van der Waals surface area contributed by atoms with Gasteiger partial charge in [-0.25, -0.2) is 8.42 Å². The van der Waals surface area contributed by atoms with Gasteiger partial charge in [-0.1, -0.05) is 74.5 Å². The zero-order valence-electron chi connectivity index (χ0n) is 18.6. The zero-order chi connectivity index (χ0) is 22.6. The van der Waals surface area contributed by atoms with Crippen molar-refractivity contribution in [3.63, 3.8) is 0 Å². The van der Waals surface area contributed by atoms with E-state index < -0.39 is 10.1 Å². The summed E-state index contributed by atoms with van der Waals surface area (Å²) in [6.07, 6.45) is 9.14. The Morgan fingerprint density at radius 2 is 1.61 bits per heavy atom. The smallest absolute Gasteiger partial charge is 0.0946 e. The molecule has 2 aromatic rings. The maximum Gasteiger partial charge on any atom is 0.0946 e. The van der Waals surface area contributed by atoms with Gasteiger partial charge in [0.05, 0.1) is 10.1 Å². The highest BCUT2D eigenvalue weighted by molar-refractivity contribution is 7.85. The number of fused-ring (bicyclic) bond motifs is 1. The summed E-state index contributed by atoms with van der Waals surface area (Å²) in [4.78, 5) is 2.07. The van der Waals surface area contributed by atoms with Gasteiger partial charge >= 0.3 is 0 Å². The fourth-order valence-corrected chi connectivity index (χ4v) is 4.66. The Hall–Kier alpha value is -2.63. The number of benzene rings is 2. The first-order valence-corrected chi connectivity index (χ1v) is 12.1. The van der Waals surface area contributed by atoms with Crippen molar-refractivity contribution >= 4 is 27.5 Å². The van der Waals surface area contributed by atoms with Gasteiger partial charge in [0, 0.05) is 31.0 Å². The van der Waals surface area contributed by atoms with Gasteiger partial charge in [-0.2, -0.15) is 0 Å². The van der Waals surface area contributed by atoms with Crippen molar-refractivity contribution in [3.05, 3.63) is 89.0 Å². The minimum absolute atomic E-state index is 0.181. The van der Waals surface area contributed by atoms with Crippen LogP contribution >= 0.6 is 0 Å². The van der Waals surface area contributed by atoms with Gasteiger partial charge in [-0.05, 0) is 52.8 Å². The van der Waals surface area contributed by atoms with Crippen LogP contribution < -0.4 is 4.90 Å². The molecular formula is C26H30NO3S-. The third-order valence-corrected chi connectivity index (χ3v) is 6.61. The van der Waals surface area contributed by atoms with Gasteiger partial charge < -0.3 is 9.45 Å². The van der Waals surface area contributed by atoms with Crippen molar-refractivity contribution in [2.24, 2.45) is 0 Å². The van der Waals surface area contributed by atoms with Crippen molar-refractivity contribution in [1.82, 2.24) is 0 Å². The van der Waals surface area contributed by atoms with Crippen molar-refractivity contribution in [1.29, 1.82) is 0 Å². The average Bonchev–Trinajstić information content (AvgIpc) is 2.92. The number of hydrogen-bond acceptors (Lipinski definition) is 4. The normalized spacial score (nSPS) is 15.8. The van der Waals surface area contributed by atoms with E-state index in [1.54, 1.807) is 0 Å². The van der Waals surface area contributed by atoms with Gasteiger partial charge in [0.15, 0.2) is 0 Å². The molecule has 0 radical (unpaired) electrons. The lowest BCUT2D eigenvalue weighted by Crippen LogP contribution is -2.16. The average molecular weight is 437 g/mol. The van der Waals surface area contributed by atoms with Gasteiger partial charge in [0.2, 0.25) is 0 Å². The van der Waals surface area contributed by atoms with Crippen molar-refractivity contribution < 1.29 is 13.0 Å². The van der Waals surface area contributed by atoms with Crippen molar-refractivity contribution in [3.8, 4) is 0 Å². The molecular weight excluding hydrogens is 406 g/mol. The van der Waals surface area contributed by atoms with Crippen LogP contribution in [0.4, 0.5) is 5.69 Å². The molecule has 0 amide bonds. The molecule has 0 heterocycles. The summed E-state index contributed by atoms with van der Waals surface area (Å²) in [5, 5.41) is 0. The minimum Gasteiger partial charge on any atom is -0.748 e. The van der Waals surface area contributed by atoms with Crippen LogP contribution in [0.3, 0.4) is 0 Å². The van der Waals surface area contributed by atoms with Crippen LogP contribution in [0, 0.1) is 0 Å². The van der Waals surface area contributed by atoms with E-state index in [2.05, 4.69) is 67.3 Å². The monoisotopic (exact) mass is 436 g/mol. The van der Waals surface area contributed by atoms with Crippen LogP contribution in [-0.4, -0.2) is 32.8 Å². The molecule has 31 heavy (non-hydrogen) atoms.